The number of nitrogens with zero attached hydrogens (tertiary/aromatic N) is 10. The normalized spacial score (nSPS) is 13.5. The van der Waals surface area contributed by atoms with E-state index < -0.39 is 11.8 Å². The van der Waals surface area contributed by atoms with Crippen LogP contribution in [0.3, 0.4) is 0 Å². The molecule has 70 heavy (non-hydrogen) atoms. The molecule has 22 nitrogen and oxygen atoms in total. The number of likely N-dealkylation sites (tertiary alicyclic amines) is 2. The molecule has 8 rings (SSSR count). The summed E-state index contributed by atoms with van der Waals surface area (Å²) in [5.41, 5.74) is 2.53. The van der Waals surface area contributed by atoms with E-state index >= 15 is 0 Å². The van der Waals surface area contributed by atoms with Crippen LogP contribution in [0.2, 0.25) is 0 Å². The molecule has 0 bridgehead atoms. The van der Waals surface area contributed by atoms with Gasteiger partial charge in [0.05, 0.1) is 74.2 Å². The van der Waals surface area contributed by atoms with Crippen LogP contribution in [-0.4, -0.2) is 139 Å². The molecule has 22 heteroatoms. The summed E-state index contributed by atoms with van der Waals surface area (Å²) >= 11 is 0. The fourth-order valence-corrected chi connectivity index (χ4v) is 6.52. The monoisotopic (exact) mass is 956 g/mol. The van der Waals surface area contributed by atoms with E-state index in [1.165, 1.54) is 37.2 Å². The van der Waals surface area contributed by atoms with E-state index in [2.05, 4.69) is 50.5 Å². The zero-order chi connectivity index (χ0) is 49.6. The maximum Gasteiger partial charge on any atom is 0.274 e. The molecular formula is C48H52N12O10. The minimum atomic E-state index is -0.417. The van der Waals surface area contributed by atoms with Gasteiger partial charge >= 0.3 is 0 Å². The Morgan fingerprint density at radius 2 is 0.914 bits per heavy atom. The molecule has 0 saturated carbocycles. The Kier molecular flexibility index (Phi) is 16.8. The average Bonchev–Trinajstić information content (AvgIpc) is 3.30. The highest BCUT2D eigenvalue weighted by atomic mass is 16.5. The van der Waals surface area contributed by atoms with E-state index in [0.29, 0.717) is 47.8 Å². The Bertz CT molecular complexity index is 2550. The van der Waals surface area contributed by atoms with Crippen molar-refractivity contribution in [1.29, 1.82) is 0 Å². The van der Waals surface area contributed by atoms with Crippen molar-refractivity contribution in [3.05, 3.63) is 120 Å². The van der Waals surface area contributed by atoms with Crippen LogP contribution in [0, 0.1) is 13.8 Å². The number of hydrogen-bond donors (Lipinski definition) is 2. The summed E-state index contributed by atoms with van der Waals surface area (Å²) in [5.74, 6) is 1.25. The summed E-state index contributed by atoms with van der Waals surface area (Å²) < 4.78 is 33.7. The van der Waals surface area contributed by atoms with Gasteiger partial charge in [-0.3, -0.25) is 29.1 Å². The van der Waals surface area contributed by atoms with Crippen molar-refractivity contribution in [2.75, 3.05) is 64.2 Å². The van der Waals surface area contributed by atoms with Gasteiger partial charge in [-0.25, -0.2) is 29.9 Å². The van der Waals surface area contributed by atoms with E-state index in [1.807, 2.05) is 13.8 Å². The standard InChI is InChI=1S/2C24H26N6O5/c2*1-15-10-27-21(12-25-15)29-23(31)17-7-18(34-16(2)14-33-3)9-19(8-17)35-22-13-26-20(11-28-22)24(32)30-5-4-6-30/h2*7-13,16H,4-6,14H2,1-3H3,(H,27,29,31)/t2*16-/m00/s1. The first-order chi connectivity index (χ1) is 33.8. The number of benzene rings is 2. The lowest BCUT2D eigenvalue weighted by Crippen LogP contribution is -2.42. The van der Waals surface area contributed by atoms with E-state index in [-0.39, 0.29) is 58.3 Å². The van der Waals surface area contributed by atoms with Crippen LogP contribution >= 0.6 is 0 Å². The fourth-order valence-electron chi connectivity index (χ4n) is 6.52. The molecule has 2 fully saturated rings. The molecule has 4 aromatic heterocycles. The molecule has 0 radical (unpaired) electrons. The van der Waals surface area contributed by atoms with Crippen molar-refractivity contribution in [2.24, 2.45) is 0 Å². The minimum Gasteiger partial charge on any atom is -0.488 e. The minimum absolute atomic E-state index is 0.156. The van der Waals surface area contributed by atoms with E-state index in [1.54, 1.807) is 86.7 Å². The Labute approximate surface area is 403 Å². The van der Waals surface area contributed by atoms with Crippen molar-refractivity contribution in [3.8, 4) is 34.8 Å². The average molecular weight is 957 g/mol. The molecule has 2 saturated heterocycles. The number of amides is 4. The number of anilines is 2. The number of hydrogen-bond acceptors (Lipinski definition) is 18. The first kappa shape index (κ1) is 49.7. The summed E-state index contributed by atoms with van der Waals surface area (Å²) in [5, 5.41) is 5.41. The molecular weight excluding hydrogens is 905 g/mol. The number of nitrogens with one attached hydrogen (secondary N) is 2. The molecule has 0 spiro atoms. The third-order valence-corrected chi connectivity index (χ3v) is 10.2. The SMILES string of the molecule is COC[C@H](C)Oc1cc(Oc2cnc(C(=O)N3CCC3)cn2)cc(C(=O)Nc2cnc(C)cn2)c1.COC[C@H](C)Oc1cc(Oc2cnc(C(=O)N3CCC3)cn2)cc(C(=O)Nc2cnc(C)cn2)c1. The number of carbonyl (C=O) groups excluding carboxylic acids is 4. The highest BCUT2D eigenvalue weighted by Gasteiger charge is 2.25. The lowest BCUT2D eigenvalue weighted by molar-refractivity contribution is 0.0638. The molecule has 6 heterocycles. The lowest BCUT2D eigenvalue weighted by Gasteiger charge is -2.30. The Morgan fingerprint density at radius 1 is 0.514 bits per heavy atom. The van der Waals surface area contributed by atoms with Crippen LogP contribution in [0.1, 0.15) is 79.8 Å². The second-order valence-corrected chi connectivity index (χ2v) is 16.1. The molecule has 4 amide bonds. The number of methoxy groups -OCH3 is 2. The van der Waals surface area contributed by atoms with Gasteiger partial charge in [0.2, 0.25) is 11.8 Å². The third-order valence-electron chi connectivity index (χ3n) is 10.2. The molecule has 2 atom stereocenters. The van der Waals surface area contributed by atoms with Gasteiger partial charge in [0.1, 0.15) is 46.6 Å². The van der Waals surface area contributed by atoms with E-state index in [9.17, 15) is 19.2 Å². The zero-order valence-corrected chi connectivity index (χ0v) is 39.4. The maximum absolute atomic E-state index is 12.9. The first-order valence-electron chi connectivity index (χ1n) is 22.2. The molecule has 0 aliphatic carbocycles. The summed E-state index contributed by atoms with van der Waals surface area (Å²) in [6.07, 6.45) is 13.0. The molecule has 6 aromatic rings. The topological polar surface area (TPSA) is 257 Å². The van der Waals surface area contributed by atoms with Gasteiger partial charge in [-0.15, -0.1) is 0 Å². The number of carbonyl (C=O) groups is 4. The van der Waals surface area contributed by atoms with Crippen molar-refractivity contribution in [1.82, 2.24) is 49.7 Å². The Morgan fingerprint density at radius 3 is 1.23 bits per heavy atom. The van der Waals surface area contributed by atoms with Crippen LogP contribution in [0.4, 0.5) is 11.6 Å². The fraction of sp³-hybridized carbons (Fsp3) is 0.333. The van der Waals surface area contributed by atoms with E-state index in [0.717, 1.165) is 50.4 Å². The van der Waals surface area contributed by atoms with Gasteiger partial charge in [0.25, 0.3) is 23.6 Å². The largest absolute Gasteiger partial charge is 0.488 e. The van der Waals surface area contributed by atoms with Gasteiger partial charge in [0.15, 0.2) is 11.6 Å². The number of ether oxygens (including phenoxy) is 6. The van der Waals surface area contributed by atoms with Crippen LogP contribution in [0.25, 0.3) is 0 Å². The van der Waals surface area contributed by atoms with Crippen molar-refractivity contribution < 1.29 is 47.6 Å². The van der Waals surface area contributed by atoms with Gasteiger partial charge in [0, 0.05) is 63.7 Å². The number of aromatic nitrogens is 8. The molecule has 2 aliphatic rings. The highest BCUT2D eigenvalue weighted by molar-refractivity contribution is 6.05. The van der Waals surface area contributed by atoms with Gasteiger partial charge in [-0.05, 0) is 64.8 Å². The van der Waals surface area contributed by atoms with Gasteiger partial charge in [-0.2, -0.15) is 0 Å². The predicted molar refractivity (Wildman–Crippen MR) is 252 cm³/mol. The summed E-state index contributed by atoms with van der Waals surface area (Å²) in [6, 6.07) is 9.55. The second-order valence-electron chi connectivity index (χ2n) is 16.1. The maximum atomic E-state index is 12.9. The van der Waals surface area contributed by atoms with Gasteiger partial charge in [-0.1, -0.05) is 0 Å². The molecule has 2 aromatic carbocycles. The Hall–Kier alpha value is -8.24. The quantitative estimate of drug-likeness (QED) is 0.104. The summed E-state index contributed by atoms with van der Waals surface area (Å²) in [7, 11) is 3.16. The van der Waals surface area contributed by atoms with E-state index in [4.69, 9.17) is 28.4 Å². The number of rotatable bonds is 18. The second kappa shape index (κ2) is 23.7. The zero-order valence-electron chi connectivity index (χ0n) is 39.4. The molecule has 2 aliphatic heterocycles. The van der Waals surface area contributed by atoms with Crippen LogP contribution in [0.15, 0.2) is 86.0 Å². The highest BCUT2D eigenvalue weighted by Crippen LogP contribution is 2.30. The molecule has 2 N–H and O–H groups in total. The van der Waals surface area contributed by atoms with Crippen LogP contribution in [0.5, 0.6) is 34.8 Å². The number of aryl methyl sites for hydroxylation is 2. The summed E-state index contributed by atoms with van der Waals surface area (Å²) in [6.45, 7) is 10.9. The van der Waals surface area contributed by atoms with Crippen LogP contribution < -0.4 is 29.6 Å². The molecule has 364 valence electrons. The van der Waals surface area contributed by atoms with Crippen LogP contribution in [-0.2, 0) is 9.47 Å². The summed E-state index contributed by atoms with van der Waals surface area (Å²) in [4.78, 5) is 87.1. The molecule has 0 unspecified atom stereocenters. The van der Waals surface area contributed by atoms with Crippen molar-refractivity contribution >= 4 is 35.3 Å². The lowest BCUT2D eigenvalue weighted by atomic mass is 10.2. The third kappa shape index (κ3) is 13.9. The van der Waals surface area contributed by atoms with Gasteiger partial charge < -0.3 is 48.9 Å². The predicted octanol–water partition coefficient (Wildman–Crippen LogP) is 5.76. The first-order valence-corrected chi connectivity index (χ1v) is 22.2. The van der Waals surface area contributed by atoms with Crippen molar-refractivity contribution in [3.63, 3.8) is 0 Å². The smallest absolute Gasteiger partial charge is 0.274 e. The van der Waals surface area contributed by atoms with Crippen molar-refractivity contribution in [2.45, 2.75) is 52.7 Å². The Balaban J connectivity index is 0.000000206.